The van der Waals surface area contributed by atoms with Crippen molar-refractivity contribution >= 4 is 23.4 Å². The fourth-order valence-electron chi connectivity index (χ4n) is 2.77. The van der Waals surface area contributed by atoms with E-state index in [-0.39, 0.29) is 11.8 Å². The Balaban J connectivity index is 1.63. The van der Waals surface area contributed by atoms with E-state index in [1.807, 2.05) is 0 Å². The summed E-state index contributed by atoms with van der Waals surface area (Å²) in [5, 5.41) is 0.402. The number of piperazine rings is 1. The number of methoxy groups -OCH3 is 1. The minimum absolute atomic E-state index is 0.0623. The summed E-state index contributed by atoms with van der Waals surface area (Å²) in [5.74, 6) is 0.371. The molecule has 1 fully saturated rings. The molecule has 2 heterocycles. The topological polar surface area (TPSA) is 62.7 Å². The number of carbonyl (C=O) groups is 2. The lowest BCUT2D eigenvalue weighted by Crippen LogP contribution is -2.50. The maximum atomic E-state index is 12.6. The highest BCUT2D eigenvalue weighted by Gasteiger charge is 2.25. The maximum Gasteiger partial charge on any atom is 0.255 e. The molecule has 2 aromatic rings. The van der Waals surface area contributed by atoms with Crippen molar-refractivity contribution in [3.8, 4) is 5.75 Å². The molecule has 0 saturated carbocycles. The van der Waals surface area contributed by atoms with Crippen LogP contribution in [0.2, 0.25) is 5.02 Å². The van der Waals surface area contributed by atoms with Crippen molar-refractivity contribution in [3.63, 3.8) is 0 Å². The molecule has 1 aromatic carbocycles. The molecule has 0 bridgehead atoms. The van der Waals surface area contributed by atoms with Crippen molar-refractivity contribution < 1.29 is 14.3 Å². The first kappa shape index (κ1) is 17.2. The van der Waals surface area contributed by atoms with Crippen molar-refractivity contribution in [3.05, 3.63) is 58.9 Å². The summed E-state index contributed by atoms with van der Waals surface area (Å²) in [4.78, 5) is 32.5. The summed E-state index contributed by atoms with van der Waals surface area (Å²) >= 11 is 6.09. The molecule has 1 aliphatic heterocycles. The maximum absolute atomic E-state index is 12.6. The van der Waals surface area contributed by atoms with Crippen molar-refractivity contribution in [2.75, 3.05) is 33.3 Å². The van der Waals surface area contributed by atoms with Gasteiger partial charge in [0.05, 0.1) is 17.7 Å². The quantitative estimate of drug-likeness (QED) is 0.843. The van der Waals surface area contributed by atoms with Crippen molar-refractivity contribution in [2.24, 2.45) is 0 Å². The monoisotopic (exact) mass is 359 g/mol. The van der Waals surface area contributed by atoms with Crippen LogP contribution in [0.1, 0.15) is 20.7 Å². The highest BCUT2D eigenvalue weighted by atomic mass is 35.5. The summed E-state index contributed by atoms with van der Waals surface area (Å²) in [6.07, 6.45) is 3.19. The van der Waals surface area contributed by atoms with Gasteiger partial charge in [-0.25, -0.2) is 0 Å². The summed E-state index contributed by atoms with van der Waals surface area (Å²) in [5.41, 5.74) is 1.07. The lowest BCUT2D eigenvalue weighted by atomic mass is 10.1. The van der Waals surface area contributed by atoms with E-state index < -0.39 is 0 Å². The number of rotatable bonds is 3. The van der Waals surface area contributed by atoms with E-state index in [0.717, 1.165) is 0 Å². The number of hydrogen-bond donors (Lipinski definition) is 0. The Labute approximate surface area is 151 Å². The molecule has 7 heteroatoms. The molecule has 0 atom stereocenters. The van der Waals surface area contributed by atoms with Gasteiger partial charge in [0.15, 0.2) is 0 Å². The average molecular weight is 360 g/mol. The number of carbonyl (C=O) groups excluding carboxylic acids is 2. The number of amides is 2. The molecule has 0 N–H and O–H groups in total. The van der Waals surface area contributed by atoms with Gasteiger partial charge in [-0.1, -0.05) is 11.6 Å². The normalized spacial score (nSPS) is 14.3. The number of pyridine rings is 1. The molecule has 0 aliphatic carbocycles. The van der Waals surface area contributed by atoms with Crippen molar-refractivity contribution in [2.45, 2.75) is 0 Å². The standard InChI is InChI=1S/C18H18ClN3O3/c1-25-16-5-4-13(11-15(16)19)17(23)21-7-9-22(10-8-21)18(24)14-3-2-6-20-12-14/h2-6,11-12H,7-10H2,1H3. The largest absolute Gasteiger partial charge is 0.495 e. The van der Waals surface area contributed by atoms with Gasteiger partial charge in [0, 0.05) is 44.1 Å². The molecule has 0 unspecified atom stereocenters. The van der Waals surface area contributed by atoms with Crippen LogP contribution in [0.25, 0.3) is 0 Å². The Morgan fingerprint density at radius 1 is 1.04 bits per heavy atom. The summed E-state index contributed by atoms with van der Waals surface area (Å²) < 4.78 is 5.10. The van der Waals surface area contributed by atoms with Gasteiger partial charge < -0.3 is 14.5 Å². The average Bonchev–Trinajstić information content (AvgIpc) is 2.67. The molecular formula is C18H18ClN3O3. The Morgan fingerprint density at radius 3 is 2.20 bits per heavy atom. The first-order valence-electron chi connectivity index (χ1n) is 7.92. The Morgan fingerprint density at radius 2 is 1.68 bits per heavy atom. The lowest BCUT2D eigenvalue weighted by Gasteiger charge is -2.34. The highest BCUT2D eigenvalue weighted by molar-refractivity contribution is 6.32. The van der Waals surface area contributed by atoms with Crippen LogP contribution in [0.4, 0.5) is 0 Å². The van der Waals surface area contributed by atoms with Gasteiger partial charge in [0.25, 0.3) is 11.8 Å². The zero-order valence-electron chi connectivity index (χ0n) is 13.8. The minimum Gasteiger partial charge on any atom is -0.495 e. The van der Waals surface area contributed by atoms with Gasteiger partial charge in [-0.3, -0.25) is 14.6 Å². The lowest BCUT2D eigenvalue weighted by molar-refractivity contribution is 0.0535. The number of halogens is 1. The van der Waals surface area contributed by atoms with Crippen LogP contribution < -0.4 is 4.74 Å². The number of aromatic nitrogens is 1. The molecule has 1 aromatic heterocycles. The highest BCUT2D eigenvalue weighted by Crippen LogP contribution is 2.25. The second-order valence-corrected chi connectivity index (χ2v) is 6.08. The van der Waals surface area contributed by atoms with E-state index in [1.54, 1.807) is 52.5 Å². The summed E-state index contributed by atoms with van der Waals surface area (Å²) in [6.45, 7) is 1.94. The first-order valence-corrected chi connectivity index (χ1v) is 8.30. The van der Waals surface area contributed by atoms with Crippen LogP contribution in [0.3, 0.4) is 0 Å². The Bertz CT molecular complexity index is 774. The van der Waals surface area contributed by atoms with Gasteiger partial charge in [0.1, 0.15) is 5.75 Å². The third-order valence-corrected chi connectivity index (χ3v) is 4.46. The number of nitrogens with zero attached hydrogens (tertiary/aromatic N) is 3. The molecule has 130 valence electrons. The predicted octanol–water partition coefficient (Wildman–Crippen LogP) is 2.34. The second kappa shape index (κ2) is 7.53. The smallest absolute Gasteiger partial charge is 0.255 e. The third-order valence-electron chi connectivity index (χ3n) is 4.16. The van der Waals surface area contributed by atoms with E-state index in [4.69, 9.17) is 16.3 Å². The molecule has 3 rings (SSSR count). The molecule has 6 nitrogen and oxygen atoms in total. The molecule has 1 aliphatic rings. The fourth-order valence-corrected chi connectivity index (χ4v) is 3.02. The third kappa shape index (κ3) is 3.74. The van der Waals surface area contributed by atoms with E-state index >= 15 is 0 Å². The Hall–Kier alpha value is -2.60. The summed E-state index contributed by atoms with van der Waals surface area (Å²) in [6, 6.07) is 8.46. The van der Waals surface area contributed by atoms with Crippen LogP contribution in [0.15, 0.2) is 42.7 Å². The molecule has 25 heavy (non-hydrogen) atoms. The van der Waals surface area contributed by atoms with Crippen molar-refractivity contribution in [1.82, 2.24) is 14.8 Å². The van der Waals surface area contributed by atoms with Crippen LogP contribution in [-0.2, 0) is 0 Å². The molecule has 0 spiro atoms. The van der Waals surface area contributed by atoms with Gasteiger partial charge in [-0.15, -0.1) is 0 Å². The zero-order chi connectivity index (χ0) is 17.8. The van der Waals surface area contributed by atoms with Gasteiger partial charge in [0.2, 0.25) is 0 Å². The Kier molecular flexibility index (Phi) is 5.19. The fraction of sp³-hybridized carbons (Fsp3) is 0.278. The van der Waals surface area contributed by atoms with Gasteiger partial charge in [-0.2, -0.15) is 0 Å². The van der Waals surface area contributed by atoms with Gasteiger partial charge >= 0.3 is 0 Å². The number of benzene rings is 1. The predicted molar refractivity (Wildman–Crippen MR) is 94.0 cm³/mol. The first-order chi connectivity index (χ1) is 12.1. The van der Waals surface area contributed by atoms with E-state index in [0.29, 0.717) is 48.1 Å². The number of ether oxygens (including phenoxy) is 1. The second-order valence-electron chi connectivity index (χ2n) is 5.68. The molecule has 0 radical (unpaired) electrons. The molecule has 1 saturated heterocycles. The SMILES string of the molecule is COc1ccc(C(=O)N2CCN(C(=O)c3cccnc3)CC2)cc1Cl. The number of hydrogen-bond acceptors (Lipinski definition) is 4. The van der Waals surface area contributed by atoms with Crippen molar-refractivity contribution in [1.29, 1.82) is 0 Å². The van der Waals surface area contributed by atoms with Crippen LogP contribution in [-0.4, -0.2) is 59.9 Å². The van der Waals surface area contributed by atoms with Gasteiger partial charge in [-0.05, 0) is 30.3 Å². The van der Waals surface area contributed by atoms with Crippen LogP contribution >= 0.6 is 11.6 Å². The molecule has 2 amide bonds. The zero-order valence-corrected chi connectivity index (χ0v) is 14.6. The minimum atomic E-state index is -0.0990. The van der Waals surface area contributed by atoms with E-state index in [9.17, 15) is 9.59 Å². The van der Waals surface area contributed by atoms with E-state index in [2.05, 4.69) is 4.98 Å². The van der Waals surface area contributed by atoms with Crippen LogP contribution in [0, 0.1) is 0 Å². The molecular weight excluding hydrogens is 342 g/mol. The summed E-state index contributed by atoms with van der Waals surface area (Å²) in [7, 11) is 1.53. The van der Waals surface area contributed by atoms with Crippen LogP contribution in [0.5, 0.6) is 5.75 Å². The van der Waals surface area contributed by atoms with E-state index in [1.165, 1.54) is 7.11 Å².